The number of ether oxygens (including phenoxy) is 1. The van der Waals surface area contributed by atoms with Crippen molar-refractivity contribution in [3.8, 4) is 11.5 Å². The van der Waals surface area contributed by atoms with Crippen LogP contribution in [0.15, 0.2) is 91.3 Å². The van der Waals surface area contributed by atoms with E-state index < -0.39 is 0 Å². The second-order valence-corrected chi connectivity index (χ2v) is 9.23. The largest absolute Gasteiger partial charge is 0.457 e. The van der Waals surface area contributed by atoms with Crippen LogP contribution in [0.4, 0.5) is 5.69 Å². The molecule has 172 valence electrons. The molecule has 1 aliphatic rings. The molecule has 2 aromatic heterocycles. The topological polar surface area (TPSA) is 42.3 Å². The fourth-order valence-corrected chi connectivity index (χ4v) is 4.82. The van der Waals surface area contributed by atoms with Gasteiger partial charge in [0.2, 0.25) is 0 Å². The molecule has 0 spiro atoms. The van der Waals surface area contributed by atoms with Crippen molar-refractivity contribution < 1.29 is 4.74 Å². The molecule has 0 amide bonds. The zero-order valence-electron chi connectivity index (χ0n) is 19.6. The normalized spacial score (nSPS) is 17.8. The monoisotopic (exact) mass is 468 g/mol. The summed E-state index contributed by atoms with van der Waals surface area (Å²) in [7, 11) is 0. The fourth-order valence-electron chi connectivity index (χ4n) is 4.48. The van der Waals surface area contributed by atoms with Gasteiger partial charge in [0.05, 0.1) is 11.7 Å². The van der Waals surface area contributed by atoms with Gasteiger partial charge in [-0.3, -0.25) is 4.98 Å². The molecule has 34 heavy (non-hydrogen) atoms. The Morgan fingerprint density at radius 3 is 2.26 bits per heavy atom. The average molecular weight is 469 g/mol. The molecule has 1 fully saturated rings. The number of nitrogens with zero attached hydrogens (tertiary/aromatic N) is 3. The molecule has 1 N–H and O–H groups in total. The molecule has 0 unspecified atom stereocenters. The second kappa shape index (κ2) is 9.31. The predicted octanol–water partition coefficient (Wildman–Crippen LogP) is 6.74. The van der Waals surface area contributed by atoms with Gasteiger partial charge in [0.1, 0.15) is 17.5 Å². The summed E-state index contributed by atoms with van der Waals surface area (Å²) in [6, 6.07) is 26.7. The van der Waals surface area contributed by atoms with Gasteiger partial charge >= 0.3 is 0 Å². The van der Waals surface area contributed by atoms with E-state index in [-0.39, 0.29) is 12.1 Å². The van der Waals surface area contributed by atoms with Crippen LogP contribution in [0.2, 0.25) is 0 Å². The minimum Gasteiger partial charge on any atom is -0.457 e. The average Bonchev–Trinajstić information content (AvgIpc) is 3.46. The molecule has 2 aromatic carbocycles. The number of pyridine rings is 1. The molecule has 1 saturated heterocycles. The van der Waals surface area contributed by atoms with Crippen molar-refractivity contribution in [3.63, 3.8) is 0 Å². The minimum absolute atomic E-state index is 0.0383. The Kier molecular flexibility index (Phi) is 6.07. The standard InChI is InChI=1S/C28H28N4OS/c1-19(2)31-18-6-8-25(31)27-26(24-7-4-5-17-29-24)30-28(34)32(27)21-11-15-23(16-12-21)33-22-13-9-20(3)10-14-22/h4-19,26-27H,1-3H3,(H,30,34)/t26-,27-/m0/s1. The summed E-state index contributed by atoms with van der Waals surface area (Å²) >= 11 is 5.86. The second-order valence-electron chi connectivity index (χ2n) is 8.84. The minimum atomic E-state index is -0.0652. The Balaban J connectivity index is 1.50. The lowest BCUT2D eigenvalue weighted by atomic mass is 10.0. The lowest BCUT2D eigenvalue weighted by Gasteiger charge is -2.30. The third-order valence-corrected chi connectivity index (χ3v) is 6.46. The first-order valence-electron chi connectivity index (χ1n) is 11.5. The molecule has 2 atom stereocenters. The van der Waals surface area contributed by atoms with Crippen LogP contribution in [0, 0.1) is 6.92 Å². The summed E-state index contributed by atoms with van der Waals surface area (Å²) < 4.78 is 8.34. The Hall–Kier alpha value is -3.64. The number of aryl methyl sites for hydroxylation is 1. The smallest absolute Gasteiger partial charge is 0.174 e. The van der Waals surface area contributed by atoms with E-state index in [1.165, 1.54) is 11.3 Å². The van der Waals surface area contributed by atoms with Gasteiger partial charge in [0.15, 0.2) is 5.11 Å². The van der Waals surface area contributed by atoms with Crippen LogP contribution in [-0.2, 0) is 0 Å². The van der Waals surface area contributed by atoms with Crippen molar-refractivity contribution in [1.82, 2.24) is 14.9 Å². The molecule has 0 aliphatic carbocycles. The third-order valence-electron chi connectivity index (χ3n) is 6.14. The zero-order chi connectivity index (χ0) is 23.7. The van der Waals surface area contributed by atoms with E-state index in [2.05, 4.69) is 77.1 Å². The lowest BCUT2D eigenvalue weighted by Crippen LogP contribution is -2.30. The van der Waals surface area contributed by atoms with Gasteiger partial charge in [-0.05, 0) is 93.7 Å². The van der Waals surface area contributed by atoms with Crippen LogP contribution in [0.25, 0.3) is 0 Å². The van der Waals surface area contributed by atoms with Crippen molar-refractivity contribution in [3.05, 3.63) is 108 Å². The van der Waals surface area contributed by atoms with Crippen LogP contribution < -0.4 is 15.0 Å². The quantitative estimate of drug-likeness (QED) is 0.317. The van der Waals surface area contributed by atoms with E-state index >= 15 is 0 Å². The highest BCUT2D eigenvalue weighted by Gasteiger charge is 2.42. The molecule has 1 aliphatic heterocycles. The highest BCUT2D eigenvalue weighted by molar-refractivity contribution is 7.80. The number of nitrogens with one attached hydrogen (secondary N) is 1. The number of thiocarbonyl (C=S) groups is 1. The molecule has 6 heteroatoms. The Morgan fingerprint density at radius 2 is 1.62 bits per heavy atom. The van der Waals surface area contributed by atoms with E-state index in [0.717, 1.165) is 22.9 Å². The van der Waals surface area contributed by atoms with E-state index in [1.807, 2.05) is 54.7 Å². The molecular formula is C28H28N4OS. The van der Waals surface area contributed by atoms with Gasteiger partial charge < -0.3 is 19.5 Å². The lowest BCUT2D eigenvalue weighted by molar-refractivity contribution is 0.482. The van der Waals surface area contributed by atoms with Gasteiger partial charge in [-0.2, -0.15) is 0 Å². The summed E-state index contributed by atoms with van der Waals surface area (Å²) in [5, 5.41) is 4.22. The summed E-state index contributed by atoms with van der Waals surface area (Å²) in [5.41, 5.74) is 4.37. The number of hydrogen-bond acceptors (Lipinski definition) is 3. The maximum Gasteiger partial charge on any atom is 0.174 e. The molecular weight excluding hydrogens is 440 g/mol. The molecule has 0 bridgehead atoms. The van der Waals surface area contributed by atoms with Crippen LogP contribution in [0.1, 0.15) is 48.9 Å². The maximum absolute atomic E-state index is 6.04. The van der Waals surface area contributed by atoms with Crippen molar-refractivity contribution in [2.24, 2.45) is 0 Å². The molecule has 3 heterocycles. The van der Waals surface area contributed by atoms with Gasteiger partial charge in [0, 0.05) is 29.8 Å². The van der Waals surface area contributed by atoms with Gasteiger partial charge in [0.25, 0.3) is 0 Å². The number of anilines is 1. The SMILES string of the molecule is Cc1ccc(Oc2ccc(N3C(=S)N[C@@H](c4ccccn4)[C@@H]3c3cccn3C(C)C)cc2)cc1. The molecule has 5 rings (SSSR count). The highest BCUT2D eigenvalue weighted by Crippen LogP contribution is 2.42. The molecule has 0 radical (unpaired) electrons. The summed E-state index contributed by atoms with van der Waals surface area (Å²) in [6.45, 7) is 6.46. The van der Waals surface area contributed by atoms with Crippen molar-refractivity contribution in [1.29, 1.82) is 0 Å². The Labute approximate surface area is 206 Å². The van der Waals surface area contributed by atoms with Gasteiger partial charge in [-0.1, -0.05) is 23.8 Å². The molecule has 0 saturated carbocycles. The number of aromatic nitrogens is 2. The van der Waals surface area contributed by atoms with Crippen LogP contribution in [0.5, 0.6) is 11.5 Å². The van der Waals surface area contributed by atoms with E-state index in [4.69, 9.17) is 17.0 Å². The van der Waals surface area contributed by atoms with Gasteiger partial charge in [-0.25, -0.2) is 0 Å². The third kappa shape index (κ3) is 4.29. The van der Waals surface area contributed by atoms with Crippen molar-refractivity contribution >= 4 is 23.0 Å². The fraction of sp³-hybridized carbons (Fsp3) is 0.214. The molecule has 5 nitrogen and oxygen atoms in total. The van der Waals surface area contributed by atoms with E-state index in [1.54, 1.807) is 0 Å². The Bertz CT molecular complexity index is 1270. The summed E-state index contributed by atoms with van der Waals surface area (Å²) in [4.78, 5) is 6.84. The van der Waals surface area contributed by atoms with E-state index in [9.17, 15) is 0 Å². The first kappa shape index (κ1) is 22.2. The van der Waals surface area contributed by atoms with Crippen molar-refractivity contribution in [2.45, 2.75) is 38.9 Å². The maximum atomic E-state index is 6.04. The van der Waals surface area contributed by atoms with Crippen LogP contribution in [-0.4, -0.2) is 14.7 Å². The summed E-state index contributed by atoms with van der Waals surface area (Å²) in [6.07, 6.45) is 3.96. The summed E-state index contributed by atoms with van der Waals surface area (Å²) in [5.74, 6) is 1.61. The zero-order valence-corrected chi connectivity index (χ0v) is 20.4. The van der Waals surface area contributed by atoms with Crippen LogP contribution in [0.3, 0.4) is 0 Å². The number of hydrogen-bond donors (Lipinski definition) is 1. The van der Waals surface area contributed by atoms with Crippen molar-refractivity contribution in [2.75, 3.05) is 4.90 Å². The van der Waals surface area contributed by atoms with Gasteiger partial charge in [-0.15, -0.1) is 0 Å². The molecule has 4 aromatic rings. The van der Waals surface area contributed by atoms with Crippen LogP contribution >= 0.6 is 12.2 Å². The predicted molar refractivity (Wildman–Crippen MR) is 140 cm³/mol. The Morgan fingerprint density at radius 1 is 0.912 bits per heavy atom. The van der Waals surface area contributed by atoms with E-state index in [0.29, 0.717) is 11.2 Å². The number of rotatable bonds is 6. The highest BCUT2D eigenvalue weighted by atomic mass is 32.1. The first-order valence-corrected chi connectivity index (χ1v) is 11.9. The first-order chi connectivity index (χ1) is 16.5. The number of benzene rings is 2.